The molecular formula is C8H12ClN2S+. The molecular weight excluding hydrogens is 192 g/mol. The van der Waals surface area contributed by atoms with Gasteiger partial charge in [-0.15, -0.1) is 0 Å². The van der Waals surface area contributed by atoms with E-state index in [1.54, 1.807) is 0 Å². The van der Waals surface area contributed by atoms with Gasteiger partial charge in [-0.3, -0.25) is 0 Å². The smallest absolute Gasteiger partial charge is 0.208 e. The molecule has 0 spiro atoms. The van der Waals surface area contributed by atoms with Crippen molar-refractivity contribution < 1.29 is 4.57 Å². The van der Waals surface area contributed by atoms with Crippen LogP contribution in [-0.2, 0) is 5.88 Å². The maximum atomic E-state index is 5.52. The number of hydrogen-bond donors (Lipinski definition) is 0. The molecule has 1 rings (SSSR count). The number of rotatable bonds is 3. The van der Waals surface area contributed by atoms with Gasteiger partial charge in [-0.05, 0) is 10.7 Å². The van der Waals surface area contributed by atoms with Crippen LogP contribution in [0.4, 0.5) is 5.69 Å². The van der Waals surface area contributed by atoms with Crippen LogP contribution in [0.5, 0.6) is 0 Å². The van der Waals surface area contributed by atoms with Crippen LogP contribution in [0.1, 0.15) is 0 Å². The second kappa shape index (κ2) is 4.58. The largest absolute Gasteiger partial charge is 0.377 e. The molecule has 0 bridgehead atoms. The van der Waals surface area contributed by atoms with Gasteiger partial charge in [0.1, 0.15) is 0 Å². The van der Waals surface area contributed by atoms with E-state index in [9.17, 15) is 0 Å². The van der Waals surface area contributed by atoms with E-state index in [-0.39, 0.29) is 0 Å². The first-order valence-electron chi connectivity index (χ1n) is 3.64. The van der Waals surface area contributed by atoms with Crippen molar-refractivity contribution in [1.29, 1.82) is 0 Å². The summed E-state index contributed by atoms with van der Waals surface area (Å²) in [6.45, 7) is 0. The normalized spacial score (nSPS) is 9.92. The molecule has 1 aromatic rings. The molecule has 0 radical (unpaired) electrons. The molecule has 1 aromatic heterocycles. The van der Waals surface area contributed by atoms with Gasteiger partial charge in [-0.2, -0.15) is 4.57 Å². The molecule has 0 saturated carbocycles. The van der Waals surface area contributed by atoms with Gasteiger partial charge in [0.15, 0.2) is 12.4 Å². The minimum absolute atomic E-state index is 0.787. The molecule has 0 amide bonds. The Morgan fingerprint density at radius 2 is 2.00 bits per heavy atom. The van der Waals surface area contributed by atoms with E-state index >= 15 is 0 Å². The van der Waals surface area contributed by atoms with Crippen LogP contribution in [0, 0.1) is 0 Å². The average Bonchev–Trinajstić information content (AvgIpc) is 2.06. The Kier molecular flexibility index (Phi) is 3.69. The summed E-state index contributed by atoms with van der Waals surface area (Å²) in [5.74, 6) is 0.787. The first kappa shape index (κ1) is 9.68. The van der Waals surface area contributed by atoms with Gasteiger partial charge in [0, 0.05) is 42.9 Å². The van der Waals surface area contributed by atoms with Gasteiger partial charge in [0.2, 0.25) is 5.88 Å². The van der Waals surface area contributed by atoms with Gasteiger partial charge >= 0.3 is 0 Å². The molecule has 12 heavy (non-hydrogen) atoms. The number of anilines is 1. The van der Waals surface area contributed by atoms with Crippen molar-refractivity contribution in [2.24, 2.45) is 0 Å². The zero-order valence-electron chi connectivity index (χ0n) is 7.20. The minimum atomic E-state index is 0.787. The summed E-state index contributed by atoms with van der Waals surface area (Å²) in [6.07, 6.45) is 4.04. The highest BCUT2D eigenvalue weighted by atomic mass is 35.7. The number of nitrogens with zero attached hydrogens (tertiary/aromatic N) is 2. The van der Waals surface area contributed by atoms with Crippen molar-refractivity contribution in [2.45, 2.75) is 5.88 Å². The van der Waals surface area contributed by atoms with Crippen LogP contribution in [0.2, 0.25) is 0 Å². The third-order valence-corrected chi connectivity index (χ3v) is 2.28. The number of aromatic nitrogens is 1. The Labute approximate surface area is 81.6 Å². The van der Waals surface area contributed by atoms with Gasteiger partial charge in [-0.25, -0.2) is 0 Å². The lowest BCUT2D eigenvalue weighted by molar-refractivity contribution is -0.675. The van der Waals surface area contributed by atoms with Crippen LogP contribution in [0.15, 0.2) is 24.5 Å². The van der Waals surface area contributed by atoms with Crippen molar-refractivity contribution in [1.82, 2.24) is 0 Å². The molecule has 4 heteroatoms. The monoisotopic (exact) mass is 203 g/mol. The molecule has 0 unspecified atom stereocenters. The van der Waals surface area contributed by atoms with Crippen LogP contribution in [-0.4, -0.2) is 14.1 Å². The fourth-order valence-electron chi connectivity index (χ4n) is 0.890. The predicted molar refractivity (Wildman–Crippen MR) is 54.4 cm³/mol. The Morgan fingerprint density at radius 3 is 2.42 bits per heavy atom. The minimum Gasteiger partial charge on any atom is -0.377 e. The molecule has 0 N–H and O–H groups in total. The summed E-state index contributed by atoms with van der Waals surface area (Å²) in [6, 6.07) is 4.13. The van der Waals surface area contributed by atoms with E-state index in [0.29, 0.717) is 0 Å². The molecule has 0 aliphatic heterocycles. The summed E-state index contributed by atoms with van der Waals surface area (Å²) in [5, 5.41) is 0. The first-order valence-corrected chi connectivity index (χ1v) is 5.45. The van der Waals surface area contributed by atoms with Crippen LogP contribution in [0.25, 0.3) is 0 Å². The second-order valence-electron chi connectivity index (χ2n) is 2.70. The maximum absolute atomic E-state index is 5.52. The standard InChI is InChI=1S/C8H12ClN2S/c1-10(2)8-3-5-11(6-4-8)7-12-9/h3-6H,7H2,1-2H3/q+1. The number of pyridine rings is 1. The maximum Gasteiger partial charge on any atom is 0.208 e. The summed E-state index contributed by atoms with van der Waals surface area (Å²) in [4.78, 5) is 2.07. The van der Waals surface area contributed by atoms with E-state index in [2.05, 4.69) is 17.0 Å². The number of hydrogen-bond acceptors (Lipinski definition) is 2. The highest BCUT2D eigenvalue weighted by Crippen LogP contribution is 2.08. The molecule has 2 nitrogen and oxygen atoms in total. The lowest BCUT2D eigenvalue weighted by Gasteiger charge is -2.09. The van der Waals surface area contributed by atoms with Gasteiger partial charge < -0.3 is 4.90 Å². The van der Waals surface area contributed by atoms with Crippen molar-refractivity contribution >= 4 is 27.3 Å². The van der Waals surface area contributed by atoms with Crippen LogP contribution >= 0.6 is 21.7 Å². The molecule has 0 atom stereocenters. The van der Waals surface area contributed by atoms with E-state index in [0.717, 1.165) is 5.88 Å². The second-order valence-corrected chi connectivity index (χ2v) is 3.83. The third kappa shape index (κ3) is 2.57. The zero-order chi connectivity index (χ0) is 8.97. The van der Waals surface area contributed by atoms with E-state index in [1.165, 1.54) is 16.7 Å². The van der Waals surface area contributed by atoms with Crippen LogP contribution in [0.3, 0.4) is 0 Å². The summed E-state index contributed by atoms with van der Waals surface area (Å²) < 4.78 is 2.03. The van der Waals surface area contributed by atoms with Crippen molar-refractivity contribution in [3.05, 3.63) is 24.5 Å². The topological polar surface area (TPSA) is 7.12 Å². The molecule has 0 aliphatic rings. The fraction of sp³-hybridized carbons (Fsp3) is 0.375. The summed E-state index contributed by atoms with van der Waals surface area (Å²) in [5.41, 5.74) is 1.20. The Morgan fingerprint density at radius 1 is 1.42 bits per heavy atom. The van der Waals surface area contributed by atoms with Gasteiger partial charge in [0.05, 0.1) is 0 Å². The Balaban J connectivity index is 2.71. The van der Waals surface area contributed by atoms with Gasteiger partial charge in [-0.1, -0.05) is 0 Å². The van der Waals surface area contributed by atoms with E-state index in [4.69, 9.17) is 10.7 Å². The van der Waals surface area contributed by atoms with E-state index < -0.39 is 0 Å². The SMILES string of the molecule is CN(C)c1cc[n+](CSCl)cc1. The molecule has 0 aromatic carbocycles. The molecule has 0 fully saturated rings. The van der Waals surface area contributed by atoms with Crippen LogP contribution < -0.4 is 9.47 Å². The summed E-state index contributed by atoms with van der Waals surface area (Å²) >= 11 is 0. The number of halogens is 1. The fourth-order valence-corrected chi connectivity index (χ4v) is 1.51. The zero-order valence-corrected chi connectivity index (χ0v) is 8.77. The van der Waals surface area contributed by atoms with E-state index in [1.807, 2.05) is 31.1 Å². The highest BCUT2D eigenvalue weighted by molar-refractivity contribution is 8.20. The van der Waals surface area contributed by atoms with Gasteiger partial charge in [0.25, 0.3) is 0 Å². The lowest BCUT2D eigenvalue weighted by atomic mass is 10.4. The first-order chi connectivity index (χ1) is 5.74. The Bertz CT molecular complexity index is 235. The predicted octanol–water partition coefficient (Wildman–Crippen LogP) is 1.88. The molecule has 66 valence electrons. The molecule has 0 saturated heterocycles. The van der Waals surface area contributed by atoms with Crippen molar-refractivity contribution in [2.75, 3.05) is 19.0 Å². The third-order valence-electron chi connectivity index (χ3n) is 1.59. The van der Waals surface area contributed by atoms with Crippen molar-refractivity contribution in [3.63, 3.8) is 0 Å². The van der Waals surface area contributed by atoms with Crippen molar-refractivity contribution in [3.8, 4) is 0 Å². The molecule has 0 aliphatic carbocycles. The average molecular weight is 204 g/mol. The summed E-state index contributed by atoms with van der Waals surface area (Å²) in [7, 11) is 10.9. The highest BCUT2D eigenvalue weighted by Gasteiger charge is 2.00. The lowest BCUT2D eigenvalue weighted by Crippen LogP contribution is -2.30. The quantitative estimate of drug-likeness (QED) is 0.693. The molecule has 1 heterocycles. The Hall–Kier alpha value is -0.410.